The van der Waals surface area contributed by atoms with Gasteiger partial charge in [0.1, 0.15) is 6.61 Å². The summed E-state index contributed by atoms with van der Waals surface area (Å²) in [6, 6.07) is 8.79. The molecule has 0 N–H and O–H groups in total. The molecule has 0 aliphatic carbocycles. The Labute approximate surface area is 144 Å². The van der Waals surface area contributed by atoms with Gasteiger partial charge >= 0.3 is 5.97 Å². The van der Waals surface area contributed by atoms with Crippen molar-refractivity contribution >= 4 is 5.97 Å². The summed E-state index contributed by atoms with van der Waals surface area (Å²) in [5.41, 5.74) is 3.13. The summed E-state index contributed by atoms with van der Waals surface area (Å²) in [5.74, 6) is -0.345. The van der Waals surface area contributed by atoms with Crippen molar-refractivity contribution in [3.63, 3.8) is 0 Å². The molecule has 0 aliphatic rings. The van der Waals surface area contributed by atoms with Crippen LogP contribution in [0.25, 0.3) is 0 Å². The van der Waals surface area contributed by atoms with Gasteiger partial charge in [-0.3, -0.25) is 0 Å². The molecule has 0 radical (unpaired) electrons. The van der Waals surface area contributed by atoms with Crippen molar-refractivity contribution < 1.29 is 14.3 Å². The number of esters is 1. The number of ether oxygens (including phenoxy) is 2. The highest BCUT2D eigenvalue weighted by molar-refractivity contribution is 5.70. The fourth-order valence-corrected chi connectivity index (χ4v) is 1.45. The zero-order valence-corrected chi connectivity index (χ0v) is 16.9. The number of benzene rings is 1. The number of hydrogen-bond acceptors (Lipinski definition) is 3. The van der Waals surface area contributed by atoms with Crippen LogP contribution in [0.1, 0.15) is 66.0 Å². The van der Waals surface area contributed by atoms with Gasteiger partial charge in [0.25, 0.3) is 0 Å². The first kappa shape index (κ1) is 26.5. The first-order valence-corrected chi connectivity index (χ1v) is 8.50. The molecule has 0 aromatic heterocycles. The zero-order valence-electron chi connectivity index (χ0n) is 16.9. The van der Waals surface area contributed by atoms with E-state index in [2.05, 4.69) is 61.4 Å². The Hall–Kier alpha value is -1.35. The van der Waals surface area contributed by atoms with E-state index in [0.29, 0.717) is 5.41 Å². The van der Waals surface area contributed by atoms with Gasteiger partial charge < -0.3 is 9.47 Å². The molecule has 0 saturated carbocycles. The van der Waals surface area contributed by atoms with Gasteiger partial charge in [0.15, 0.2) is 0 Å². The Bertz CT molecular complexity index is 384. The molecule has 3 nitrogen and oxygen atoms in total. The van der Waals surface area contributed by atoms with E-state index in [1.165, 1.54) is 31.8 Å². The smallest absolute Gasteiger partial charge is 0.331 e. The van der Waals surface area contributed by atoms with Crippen molar-refractivity contribution in [2.24, 2.45) is 0 Å². The topological polar surface area (TPSA) is 35.5 Å². The van der Waals surface area contributed by atoms with E-state index in [9.17, 15) is 4.79 Å². The minimum Gasteiger partial charge on any atom is -0.467 e. The second-order valence-corrected chi connectivity index (χ2v) is 5.12. The second-order valence-electron chi connectivity index (χ2n) is 5.12. The van der Waals surface area contributed by atoms with Gasteiger partial charge in [0, 0.05) is 7.11 Å². The van der Waals surface area contributed by atoms with E-state index in [4.69, 9.17) is 0 Å². The molecule has 136 valence electrons. The zero-order chi connectivity index (χ0) is 18.9. The molecule has 0 heterocycles. The van der Waals surface area contributed by atoms with Crippen LogP contribution >= 0.6 is 0 Å². The van der Waals surface area contributed by atoms with Gasteiger partial charge in [-0.05, 0) is 24.3 Å². The number of methoxy groups -OCH3 is 2. The molecule has 0 unspecified atom stereocenters. The summed E-state index contributed by atoms with van der Waals surface area (Å²) in [6.45, 7) is 17.0. The van der Waals surface area contributed by atoms with E-state index in [0.717, 1.165) is 0 Å². The van der Waals surface area contributed by atoms with Crippen molar-refractivity contribution in [1.82, 2.24) is 0 Å². The summed E-state index contributed by atoms with van der Waals surface area (Å²) >= 11 is 0. The lowest BCUT2D eigenvalue weighted by Gasteiger charge is -2.23. The maximum Gasteiger partial charge on any atom is 0.331 e. The molecule has 0 atom stereocenters. The van der Waals surface area contributed by atoms with Crippen LogP contribution < -0.4 is 0 Å². The predicted molar refractivity (Wildman–Crippen MR) is 101 cm³/mol. The third-order valence-electron chi connectivity index (χ3n) is 3.17. The number of hydrogen-bond donors (Lipinski definition) is 0. The number of rotatable bonds is 4. The molecule has 1 aromatic rings. The first-order valence-electron chi connectivity index (χ1n) is 8.50. The molecule has 3 heteroatoms. The predicted octanol–water partition coefficient (Wildman–Crippen LogP) is 5.54. The van der Waals surface area contributed by atoms with Gasteiger partial charge in [0.05, 0.1) is 7.11 Å². The van der Waals surface area contributed by atoms with Gasteiger partial charge in [-0.25, -0.2) is 4.79 Å². The maximum absolute atomic E-state index is 10.1. The minimum atomic E-state index is -0.345. The summed E-state index contributed by atoms with van der Waals surface area (Å²) in [7, 11) is 2.76. The Balaban J connectivity index is -0.000000312. The number of carbonyl (C=O) groups excluding carboxylic acids is 1. The molecule has 0 aliphatic heterocycles. The first-order chi connectivity index (χ1) is 10.9. The summed E-state index contributed by atoms with van der Waals surface area (Å²) in [6.07, 6.45) is 1.19. The van der Waals surface area contributed by atoms with Crippen molar-refractivity contribution in [3.8, 4) is 0 Å². The highest BCUT2D eigenvalue weighted by Gasteiger charge is 2.17. The van der Waals surface area contributed by atoms with E-state index in [1.54, 1.807) is 0 Å². The van der Waals surface area contributed by atoms with Crippen LogP contribution in [0.4, 0.5) is 0 Å². The maximum atomic E-state index is 10.1. The van der Waals surface area contributed by atoms with Crippen molar-refractivity contribution in [2.75, 3.05) is 20.8 Å². The lowest BCUT2D eigenvalue weighted by molar-refractivity contribution is -0.144. The Morgan fingerprint density at radius 1 is 1.09 bits per heavy atom. The van der Waals surface area contributed by atoms with Crippen molar-refractivity contribution in [2.45, 2.75) is 67.2 Å². The second kappa shape index (κ2) is 17.0. The summed E-state index contributed by atoms with van der Waals surface area (Å²) in [5, 5.41) is 0. The quantitative estimate of drug-likeness (QED) is 0.681. The Kier molecular flexibility index (Phi) is 19.6. The van der Waals surface area contributed by atoms with Crippen LogP contribution in [-0.2, 0) is 19.7 Å². The minimum absolute atomic E-state index is 0.0382. The third-order valence-corrected chi connectivity index (χ3v) is 3.17. The SMILES string of the molecule is CC.CC.CCC(C)(C)c1cccc(C)c1.COCC(=O)OC. The Morgan fingerprint density at radius 3 is 1.91 bits per heavy atom. The standard InChI is InChI=1S/C12H18.C4H8O3.2C2H6/c1-5-12(3,4)11-8-6-7-10(2)9-11;1-6-3-4(5)7-2;2*1-2/h6-9H,5H2,1-4H3;3H2,1-2H3;2*1-2H3. The summed E-state index contributed by atoms with van der Waals surface area (Å²) in [4.78, 5) is 10.1. The number of carbonyl (C=O) groups is 1. The van der Waals surface area contributed by atoms with E-state index < -0.39 is 0 Å². The average molecular weight is 327 g/mol. The van der Waals surface area contributed by atoms with Gasteiger partial charge in [-0.2, -0.15) is 0 Å². The molecule has 0 saturated heterocycles. The molecule has 0 spiro atoms. The van der Waals surface area contributed by atoms with E-state index in [1.807, 2.05) is 27.7 Å². The molecule has 23 heavy (non-hydrogen) atoms. The van der Waals surface area contributed by atoms with Crippen molar-refractivity contribution in [1.29, 1.82) is 0 Å². The van der Waals surface area contributed by atoms with Crippen LogP contribution in [0, 0.1) is 6.92 Å². The van der Waals surface area contributed by atoms with Crippen LogP contribution in [0.3, 0.4) is 0 Å². The molecule has 1 rings (SSSR count). The number of aryl methyl sites for hydroxylation is 1. The van der Waals surface area contributed by atoms with Crippen LogP contribution in [0.2, 0.25) is 0 Å². The highest BCUT2D eigenvalue weighted by atomic mass is 16.6. The molecular formula is C20H38O3. The molecule has 0 fully saturated rings. The van der Waals surface area contributed by atoms with Gasteiger partial charge in [-0.1, -0.05) is 78.3 Å². The van der Waals surface area contributed by atoms with Crippen LogP contribution in [-0.4, -0.2) is 26.8 Å². The third kappa shape index (κ3) is 14.0. The monoisotopic (exact) mass is 326 g/mol. The van der Waals surface area contributed by atoms with Crippen molar-refractivity contribution in [3.05, 3.63) is 35.4 Å². The highest BCUT2D eigenvalue weighted by Crippen LogP contribution is 2.26. The van der Waals surface area contributed by atoms with Crippen LogP contribution in [0.5, 0.6) is 0 Å². The molecule has 0 bridgehead atoms. The largest absolute Gasteiger partial charge is 0.467 e. The van der Waals surface area contributed by atoms with Crippen LogP contribution in [0.15, 0.2) is 24.3 Å². The molecule has 0 amide bonds. The van der Waals surface area contributed by atoms with Gasteiger partial charge in [0.2, 0.25) is 0 Å². The Morgan fingerprint density at radius 2 is 1.61 bits per heavy atom. The van der Waals surface area contributed by atoms with E-state index in [-0.39, 0.29) is 12.6 Å². The van der Waals surface area contributed by atoms with E-state index >= 15 is 0 Å². The summed E-state index contributed by atoms with van der Waals surface area (Å²) < 4.78 is 8.65. The molecule has 1 aromatic carbocycles. The fourth-order valence-electron chi connectivity index (χ4n) is 1.45. The fraction of sp³-hybridized carbons (Fsp3) is 0.650. The molecular weight excluding hydrogens is 288 g/mol. The lowest BCUT2D eigenvalue weighted by atomic mass is 9.82. The average Bonchev–Trinajstić information content (AvgIpc) is 2.59. The lowest BCUT2D eigenvalue weighted by Crippen LogP contribution is -2.15. The normalized spacial score (nSPS) is 9.13. The van der Waals surface area contributed by atoms with Gasteiger partial charge in [-0.15, -0.1) is 0 Å².